The molecule has 1 aliphatic heterocycles. The van der Waals surface area contributed by atoms with E-state index in [0.29, 0.717) is 11.5 Å². The van der Waals surface area contributed by atoms with Gasteiger partial charge < -0.3 is 5.32 Å². The first-order valence-corrected chi connectivity index (χ1v) is 6.75. The lowest BCUT2D eigenvalue weighted by Crippen LogP contribution is -2.51. The van der Waals surface area contributed by atoms with Crippen molar-refractivity contribution in [1.82, 2.24) is 5.32 Å². The van der Waals surface area contributed by atoms with E-state index in [1.807, 2.05) is 0 Å². The average molecular weight is 205 g/mol. The highest BCUT2D eigenvalue weighted by atomic mass is 32.2. The lowest BCUT2D eigenvalue weighted by Gasteiger charge is -2.26. The Morgan fingerprint density at radius 2 is 2.00 bits per heavy atom. The van der Waals surface area contributed by atoms with E-state index in [1.165, 1.54) is 6.42 Å². The van der Waals surface area contributed by atoms with E-state index in [2.05, 4.69) is 19.2 Å². The SMILES string of the molecule is CC(C)CCCNC1CS(=O)(=O)C1. The predicted octanol–water partition coefficient (Wildman–Crippen LogP) is 0.809. The maximum atomic E-state index is 10.8. The molecule has 0 unspecified atom stereocenters. The molecule has 1 saturated heterocycles. The third-order valence-electron chi connectivity index (χ3n) is 2.30. The minimum Gasteiger partial charge on any atom is -0.312 e. The van der Waals surface area contributed by atoms with Gasteiger partial charge in [-0.25, -0.2) is 8.42 Å². The van der Waals surface area contributed by atoms with E-state index < -0.39 is 9.84 Å². The second-order valence-corrected chi connectivity index (χ2v) is 6.42. The molecule has 1 rings (SSSR count). The molecule has 0 aliphatic carbocycles. The number of hydrogen-bond donors (Lipinski definition) is 1. The monoisotopic (exact) mass is 205 g/mol. The molecule has 0 aromatic heterocycles. The van der Waals surface area contributed by atoms with Gasteiger partial charge in [-0.3, -0.25) is 0 Å². The van der Waals surface area contributed by atoms with Crippen molar-refractivity contribution >= 4 is 9.84 Å². The largest absolute Gasteiger partial charge is 0.312 e. The lowest BCUT2D eigenvalue weighted by atomic mass is 10.1. The maximum Gasteiger partial charge on any atom is 0.153 e. The van der Waals surface area contributed by atoms with Crippen molar-refractivity contribution in [3.63, 3.8) is 0 Å². The number of rotatable bonds is 5. The fourth-order valence-electron chi connectivity index (χ4n) is 1.50. The molecule has 1 heterocycles. The van der Waals surface area contributed by atoms with Gasteiger partial charge >= 0.3 is 0 Å². The summed E-state index contributed by atoms with van der Waals surface area (Å²) in [7, 11) is -2.65. The molecule has 0 aromatic carbocycles. The fourth-order valence-corrected chi connectivity index (χ4v) is 2.86. The second-order valence-electron chi connectivity index (χ2n) is 4.26. The quantitative estimate of drug-likeness (QED) is 0.676. The highest BCUT2D eigenvalue weighted by molar-refractivity contribution is 7.92. The molecule has 4 heteroatoms. The van der Waals surface area contributed by atoms with Crippen LogP contribution in [0.5, 0.6) is 0 Å². The van der Waals surface area contributed by atoms with Gasteiger partial charge in [0.25, 0.3) is 0 Å². The molecule has 0 bridgehead atoms. The van der Waals surface area contributed by atoms with Crippen LogP contribution in [0.3, 0.4) is 0 Å². The van der Waals surface area contributed by atoms with Gasteiger partial charge in [0.1, 0.15) is 0 Å². The Hall–Kier alpha value is -0.0900. The molecule has 1 fully saturated rings. The van der Waals surface area contributed by atoms with E-state index in [-0.39, 0.29) is 6.04 Å². The minimum absolute atomic E-state index is 0.233. The van der Waals surface area contributed by atoms with Gasteiger partial charge in [0, 0.05) is 6.04 Å². The summed E-state index contributed by atoms with van der Waals surface area (Å²) in [6.45, 7) is 5.36. The van der Waals surface area contributed by atoms with Crippen molar-refractivity contribution in [3.05, 3.63) is 0 Å². The Kier molecular flexibility index (Phi) is 3.74. The van der Waals surface area contributed by atoms with E-state index in [9.17, 15) is 8.42 Å². The lowest BCUT2D eigenvalue weighted by molar-refractivity contribution is 0.479. The molecular weight excluding hydrogens is 186 g/mol. The maximum absolute atomic E-state index is 10.8. The standard InChI is InChI=1S/C9H19NO2S/c1-8(2)4-3-5-10-9-6-13(11,12)7-9/h8-10H,3-7H2,1-2H3. The van der Waals surface area contributed by atoms with Crippen molar-refractivity contribution in [2.45, 2.75) is 32.7 Å². The summed E-state index contributed by atoms with van der Waals surface area (Å²) < 4.78 is 21.6. The fraction of sp³-hybridized carbons (Fsp3) is 1.00. The van der Waals surface area contributed by atoms with Crippen LogP contribution in [-0.2, 0) is 9.84 Å². The normalized spacial score (nSPS) is 21.8. The van der Waals surface area contributed by atoms with Gasteiger partial charge in [-0.1, -0.05) is 13.8 Å². The van der Waals surface area contributed by atoms with Crippen LogP contribution in [0.1, 0.15) is 26.7 Å². The summed E-state index contributed by atoms with van der Waals surface area (Å²) in [4.78, 5) is 0. The van der Waals surface area contributed by atoms with Crippen molar-refractivity contribution in [3.8, 4) is 0 Å². The van der Waals surface area contributed by atoms with Crippen molar-refractivity contribution in [1.29, 1.82) is 0 Å². The van der Waals surface area contributed by atoms with Crippen molar-refractivity contribution < 1.29 is 8.42 Å². The molecule has 78 valence electrons. The molecular formula is C9H19NO2S. The van der Waals surface area contributed by atoms with Crippen LogP contribution < -0.4 is 5.32 Å². The van der Waals surface area contributed by atoms with Crippen LogP contribution in [0.25, 0.3) is 0 Å². The third kappa shape index (κ3) is 4.09. The van der Waals surface area contributed by atoms with Gasteiger partial charge in [-0.2, -0.15) is 0 Å². The van der Waals surface area contributed by atoms with Crippen LogP contribution in [0.4, 0.5) is 0 Å². The van der Waals surface area contributed by atoms with Gasteiger partial charge in [-0.05, 0) is 25.3 Å². The number of nitrogens with one attached hydrogen (secondary N) is 1. The zero-order valence-electron chi connectivity index (χ0n) is 8.41. The molecule has 0 saturated carbocycles. The van der Waals surface area contributed by atoms with E-state index in [1.54, 1.807) is 0 Å². The number of sulfone groups is 1. The minimum atomic E-state index is -2.65. The summed E-state index contributed by atoms with van der Waals surface area (Å²) in [6, 6.07) is 0.233. The van der Waals surface area contributed by atoms with E-state index in [0.717, 1.165) is 18.9 Å². The molecule has 3 nitrogen and oxygen atoms in total. The summed E-state index contributed by atoms with van der Waals surface area (Å²) >= 11 is 0. The first-order valence-electron chi connectivity index (χ1n) is 4.93. The Bertz CT molecular complexity index is 234. The number of hydrogen-bond acceptors (Lipinski definition) is 3. The first kappa shape index (κ1) is 11.0. The van der Waals surface area contributed by atoms with Crippen molar-refractivity contribution in [2.75, 3.05) is 18.1 Å². The van der Waals surface area contributed by atoms with Crippen LogP contribution in [0.2, 0.25) is 0 Å². The Morgan fingerprint density at radius 3 is 2.46 bits per heavy atom. The molecule has 1 aliphatic rings. The van der Waals surface area contributed by atoms with Gasteiger partial charge in [-0.15, -0.1) is 0 Å². The Balaban J connectivity index is 1.97. The molecule has 0 aromatic rings. The Labute approximate surface area is 80.8 Å². The summed E-state index contributed by atoms with van der Waals surface area (Å²) in [5.74, 6) is 1.43. The Morgan fingerprint density at radius 1 is 1.38 bits per heavy atom. The molecule has 0 atom stereocenters. The van der Waals surface area contributed by atoms with Gasteiger partial charge in [0.2, 0.25) is 0 Å². The van der Waals surface area contributed by atoms with Crippen LogP contribution in [0.15, 0.2) is 0 Å². The zero-order valence-corrected chi connectivity index (χ0v) is 9.23. The van der Waals surface area contributed by atoms with E-state index >= 15 is 0 Å². The zero-order chi connectivity index (χ0) is 9.90. The molecule has 0 spiro atoms. The molecule has 1 N–H and O–H groups in total. The topological polar surface area (TPSA) is 46.2 Å². The predicted molar refractivity (Wildman–Crippen MR) is 54.5 cm³/mol. The molecule has 13 heavy (non-hydrogen) atoms. The highest BCUT2D eigenvalue weighted by Crippen LogP contribution is 2.10. The van der Waals surface area contributed by atoms with E-state index in [4.69, 9.17) is 0 Å². The van der Waals surface area contributed by atoms with Gasteiger partial charge in [0.15, 0.2) is 9.84 Å². The van der Waals surface area contributed by atoms with Crippen LogP contribution in [0, 0.1) is 5.92 Å². The third-order valence-corrected chi connectivity index (χ3v) is 4.12. The summed E-state index contributed by atoms with van der Waals surface area (Å²) in [5, 5.41) is 3.25. The second kappa shape index (κ2) is 4.42. The van der Waals surface area contributed by atoms with Crippen molar-refractivity contribution in [2.24, 2.45) is 5.92 Å². The van der Waals surface area contributed by atoms with Crippen LogP contribution in [-0.4, -0.2) is 32.5 Å². The molecule has 0 amide bonds. The van der Waals surface area contributed by atoms with Gasteiger partial charge in [0.05, 0.1) is 11.5 Å². The average Bonchev–Trinajstić information content (AvgIpc) is 1.93. The summed E-state index contributed by atoms with van der Waals surface area (Å²) in [5.41, 5.74) is 0. The first-order chi connectivity index (χ1) is 5.99. The molecule has 0 radical (unpaired) electrons. The van der Waals surface area contributed by atoms with Crippen LogP contribution >= 0.6 is 0 Å². The summed E-state index contributed by atoms with van der Waals surface area (Å²) in [6.07, 6.45) is 2.36. The smallest absolute Gasteiger partial charge is 0.153 e. The highest BCUT2D eigenvalue weighted by Gasteiger charge is 2.32.